The molecule has 1 aromatic heterocycles. The molecule has 0 amide bonds. The molecule has 4 nitrogen and oxygen atoms in total. The first kappa shape index (κ1) is 13.3. The zero-order valence-electron chi connectivity index (χ0n) is 11.9. The van der Waals surface area contributed by atoms with Crippen LogP contribution in [0.5, 0.6) is 0 Å². The Balaban J connectivity index is 1.69. The molecule has 1 aromatic carbocycles. The number of aromatic nitrogens is 1. The van der Waals surface area contributed by atoms with Gasteiger partial charge in [0.1, 0.15) is 0 Å². The maximum absolute atomic E-state index is 5.89. The van der Waals surface area contributed by atoms with Gasteiger partial charge in [0, 0.05) is 24.7 Å². The smallest absolute Gasteiger partial charge is 0.209 e. The maximum atomic E-state index is 5.89. The number of nitrogens with one attached hydrogen (secondary N) is 1. The van der Waals surface area contributed by atoms with Gasteiger partial charge in [-0.2, -0.15) is 0 Å². The molecule has 1 fully saturated rings. The van der Waals surface area contributed by atoms with Crippen molar-refractivity contribution in [1.29, 1.82) is 0 Å². The molecule has 0 bridgehead atoms. The van der Waals surface area contributed by atoms with E-state index in [9.17, 15) is 0 Å². The summed E-state index contributed by atoms with van der Waals surface area (Å²) in [6, 6.07) is 10.8. The van der Waals surface area contributed by atoms with Gasteiger partial charge in [-0.3, -0.25) is 4.90 Å². The second-order valence-electron chi connectivity index (χ2n) is 5.27. The van der Waals surface area contributed by atoms with Gasteiger partial charge in [0.25, 0.3) is 0 Å². The topological polar surface area (TPSA) is 41.3 Å². The van der Waals surface area contributed by atoms with Crippen LogP contribution < -0.4 is 5.32 Å². The zero-order valence-corrected chi connectivity index (χ0v) is 11.9. The van der Waals surface area contributed by atoms with Crippen molar-refractivity contribution in [3.8, 4) is 11.3 Å². The van der Waals surface area contributed by atoms with Crippen LogP contribution in [0.4, 0.5) is 0 Å². The van der Waals surface area contributed by atoms with Crippen molar-refractivity contribution in [2.24, 2.45) is 0 Å². The fourth-order valence-corrected chi connectivity index (χ4v) is 2.50. The molecule has 0 spiro atoms. The second kappa shape index (κ2) is 6.20. The van der Waals surface area contributed by atoms with E-state index in [4.69, 9.17) is 4.42 Å². The predicted molar refractivity (Wildman–Crippen MR) is 79.3 cm³/mol. The number of hydrogen-bond acceptors (Lipinski definition) is 4. The average Bonchev–Trinajstić information content (AvgIpc) is 2.87. The van der Waals surface area contributed by atoms with Gasteiger partial charge in [-0.15, -0.1) is 0 Å². The minimum Gasteiger partial charge on any atom is -0.439 e. The summed E-state index contributed by atoms with van der Waals surface area (Å²) in [6.45, 7) is 6.25. The van der Waals surface area contributed by atoms with Crippen LogP contribution in [-0.2, 0) is 6.54 Å². The molecule has 0 unspecified atom stereocenters. The highest BCUT2D eigenvalue weighted by molar-refractivity contribution is 5.55. The Kier molecular flexibility index (Phi) is 4.14. The van der Waals surface area contributed by atoms with Crippen LogP contribution in [0.2, 0.25) is 0 Å². The van der Waals surface area contributed by atoms with Gasteiger partial charge < -0.3 is 9.73 Å². The number of hydrogen-bond donors (Lipinski definition) is 1. The van der Waals surface area contributed by atoms with Crippen LogP contribution in [0.3, 0.4) is 0 Å². The predicted octanol–water partition coefficient (Wildman–Crippen LogP) is 2.53. The number of benzene rings is 1. The van der Waals surface area contributed by atoms with Gasteiger partial charge in [-0.25, -0.2) is 4.98 Å². The van der Waals surface area contributed by atoms with E-state index in [1.54, 1.807) is 0 Å². The lowest BCUT2D eigenvalue weighted by molar-refractivity contribution is 0.126. The molecule has 1 saturated heterocycles. The summed E-state index contributed by atoms with van der Waals surface area (Å²) in [5.41, 5.74) is 1.08. The van der Waals surface area contributed by atoms with Crippen LogP contribution >= 0.6 is 0 Å². The number of rotatable bonds is 6. The molecular formula is C16H21N3O. The first-order valence-corrected chi connectivity index (χ1v) is 7.31. The molecule has 1 aliphatic rings. The quantitative estimate of drug-likeness (QED) is 0.876. The molecule has 20 heavy (non-hydrogen) atoms. The van der Waals surface area contributed by atoms with E-state index in [1.165, 1.54) is 0 Å². The Morgan fingerprint density at radius 3 is 2.75 bits per heavy atom. The highest BCUT2D eigenvalue weighted by Crippen LogP contribution is 2.21. The Hall–Kier alpha value is -1.65. The molecule has 0 saturated carbocycles. The Bertz CT molecular complexity index is 534. The summed E-state index contributed by atoms with van der Waals surface area (Å²) in [4.78, 5) is 6.88. The molecule has 0 aliphatic carbocycles. The van der Waals surface area contributed by atoms with E-state index in [-0.39, 0.29) is 0 Å². The van der Waals surface area contributed by atoms with E-state index in [1.807, 2.05) is 36.5 Å². The van der Waals surface area contributed by atoms with Gasteiger partial charge in [-0.1, -0.05) is 37.3 Å². The lowest BCUT2D eigenvalue weighted by Gasteiger charge is -2.37. The van der Waals surface area contributed by atoms with Crippen molar-refractivity contribution in [3.63, 3.8) is 0 Å². The normalized spacial score (nSPS) is 15.5. The molecule has 0 radical (unpaired) electrons. The summed E-state index contributed by atoms with van der Waals surface area (Å²) in [5, 5.41) is 3.32. The first-order valence-electron chi connectivity index (χ1n) is 7.31. The van der Waals surface area contributed by atoms with Crippen molar-refractivity contribution in [2.45, 2.75) is 25.9 Å². The molecule has 4 heteroatoms. The zero-order chi connectivity index (χ0) is 13.8. The monoisotopic (exact) mass is 271 g/mol. The molecule has 2 heterocycles. The summed E-state index contributed by atoms with van der Waals surface area (Å²) < 4.78 is 5.89. The van der Waals surface area contributed by atoms with Crippen LogP contribution in [0.15, 0.2) is 40.9 Å². The van der Waals surface area contributed by atoms with Gasteiger partial charge in [0.15, 0.2) is 5.76 Å². The number of oxazole rings is 1. The summed E-state index contributed by atoms with van der Waals surface area (Å²) in [7, 11) is 0. The molecule has 0 atom stereocenters. The molecule has 3 rings (SSSR count). The Morgan fingerprint density at radius 2 is 2.10 bits per heavy atom. The first-order chi connectivity index (χ1) is 9.86. The summed E-state index contributed by atoms with van der Waals surface area (Å²) in [5.74, 6) is 1.66. The second-order valence-corrected chi connectivity index (χ2v) is 5.27. The highest BCUT2D eigenvalue weighted by Gasteiger charge is 2.25. The molecule has 1 aliphatic heterocycles. The van der Waals surface area contributed by atoms with Crippen molar-refractivity contribution in [2.75, 3.05) is 19.6 Å². The van der Waals surface area contributed by atoms with E-state index < -0.39 is 0 Å². The van der Waals surface area contributed by atoms with E-state index in [0.717, 1.165) is 49.8 Å². The van der Waals surface area contributed by atoms with E-state index in [2.05, 4.69) is 22.1 Å². The van der Waals surface area contributed by atoms with Gasteiger partial charge in [0.05, 0.1) is 12.7 Å². The van der Waals surface area contributed by atoms with Crippen molar-refractivity contribution < 1.29 is 4.42 Å². The minimum absolute atomic E-state index is 0.627. The van der Waals surface area contributed by atoms with Crippen molar-refractivity contribution >= 4 is 0 Å². The summed E-state index contributed by atoms with van der Waals surface area (Å²) in [6.07, 6.45) is 2.98. The lowest BCUT2D eigenvalue weighted by atomic mass is 10.1. The lowest BCUT2D eigenvalue weighted by Crippen LogP contribution is -2.57. The Morgan fingerprint density at radius 1 is 1.30 bits per heavy atom. The fraction of sp³-hybridized carbons (Fsp3) is 0.438. The van der Waals surface area contributed by atoms with Gasteiger partial charge in [0.2, 0.25) is 5.89 Å². The van der Waals surface area contributed by atoms with Crippen LogP contribution in [0.1, 0.15) is 19.2 Å². The van der Waals surface area contributed by atoms with Crippen LogP contribution in [-0.4, -0.2) is 35.6 Å². The Labute approximate surface area is 119 Å². The molecule has 2 aromatic rings. The van der Waals surface area contributed by atoms with E-state index in [0.29, 0.717) is 6.04 Å². The third-order valence-electron chi connectivity index (χ3n) is 3.74. The maximum Gasteiger partial charge on any atom is 0.209 e. The van der Waals surface area contributed by atoms with Crippen molar-refractivity contribution in [3.05, 3.63) is 42.4 Å². The van der Waals surface area contributed by atoms with Crippen LogP contribution in [0.25, 0.3) is 11.3 Å². The van der Waals surface area contributed by atoms with Gasteiger partial charge >= 0.3 is 0 Å². The third-order valence-corrected chi connectivity index (χ3v) is 3.74. The minimum atomic E-state index is 0.627. The number of nitrogens with zero attached hydrogens (tertiary/aromatic N) is 2. The average molecular weight is 271 g/mol. The van der Waals surface area contributed by atoms with Crippen LogP contribution in [0, 0.1) is 0 Å². The highest BCUT2D eigenvalue weighted by atomic mass is 16.4. The van der Waals surface area contributed by atoms with Crippen molar-refractivity contribution in [1.82, 2.24) is 15.2 Å². The SMILES string of the molecule is CCCN(Cc1ncc(-c2ccccc2)o1)C1CNC1. The largest absolute Gasteiger partial charge is 0.439 e. The van der Waals surface area contributed by atoms with E-state index >= 15 is 0 Å². The third kappa shape index (κ3) is 2.92. The van der Waals surface area contributed by atoms with Gasteiger partial charge in [-0.05, 0) is 13.0 Å². The fourth-order valence-electron chi connectivity index (χ4n) is 2.50. The molecule has 106 valence electrons. The molecular weight excluding hydrogens is 250 g/mol. The molecule has 1 N–H and O–H groups in total. The summed E-state index contributed by atoms with van der Waals surface area (Å²) >= 11 is 0. The standard InChI is InChI=1S/C16H21N3O/c1-2-8-19(14-9-17-10-14)12-16-18-11-15(20-16)13-6-4-3-5-7-13/h3-7,11,14,17H,2,8-10,12H2,1H3.